The highest BCUT2D eigenvalue weighted by Crippen LogP contribution is 2.34. The maximum atomic E-state index is 12.2. The molecule has 1 aromatic carbocycles. The van der Waals surface area contributed by atoms with Crippen molar-refractivity contribution in [3.8, 4) is 5.75 Å². The third-order valence-electron chi connectivity index (χ3n) is 3.07. The van der Waals surface area contributed by atoms with Crippen molar-refractivity contribution in [3.63, 3.8) is 0 Å². The Kier molecular flexibility index (Phi) is 4.47. The van der Waals surface area contributed by atoms with E-state index in [-0.39, 0.29) is 25.2 Å². The average Bonchev–Trinajstić information content (AvgIpc) is 2.42. The Hall–Kier alpha value is -2.08. The Balaban J connectivity index is 2.31. The number of nitrogens with zero attached hydrogens (tertiary/aromatic N) is 1. The number of aliphatic hydroxyl groups excluding tert-OH is 1. The van der Waals surface area contributed by atoms with Gasteiger partial charge in [-0.3, -0.25) is 14.5 Å². The van der Waals surface area contributed by atoms with Crippen LogP contribution in [-0.4, -0.2) is 35.7 Å². The Bertz CT molecular complexity index is 555. The van der Waals surface area contributed by atoms with Crippen molar-refractivity contribution in [2.24, 2.45) is 0 Å². The molecule has 1 aliphatic rings. The second-order valence-electron chi connectivity index (χ2n) is 5.18. The minimum absolute atomic E-state index is 0.151. The quantitative estimate of drug-likeness (QED) is 0.845. The van der Waals surface area contributed by atoms with Crippen molar-refractivity contribution < 1.29 is 24.2 Å². The van der Waals surface area contributed by atoms with E-state index in [0.717, 1.165) is 0 Å². The van der Waals surface area contributed by atoms with Gasteiger partial charge in [0, 0.05) is 0 Å². The van der Waals surface area contributed by atoms with E-state index in [1.165, 1.54) is 4.90 Å². The molecule has 0 bridgehead atoms. The molecule has 1 N–H and O–H groups in total. The average molecular weight is 293 g/mol. The molecule has 1 aromatic rings. The Morgan fingerprint density at radius 1 is 1.48 bits per heavy atom. The maximum absolute atomic E-state index is 12.2. The summed E-state index contributed by atoms with van der Waals surface area (Å²) >= 11 is 0. The molecule has 6 nitrogen and oxygen atoms in total. The van der Waals surface area contributed by atoms with Gasteiger partial charge in [-0.2, -0.15) is 0 Å². The van der Waals surface area contributed by atoms with Crippen LogP contribution in [0.1, 0.15) is 26.3 Å². The molecule has 1 aliphatic heterocycles. The van der Waals surface area contributed by atoms with Gasteiger partial charge < -0.3 is 14.6 Å². The first-order chi connectivity index (χ1) is 9.92. The highest BCUT2D eigenvalue weighted by Gasteiger charge is 2.33. The van der Waals surface area contributed by atoms with Crippen molar-refractivity contribution in [1.29, 1.82) is 0 Å². The predicted octanol–water partition coefficient (Wildman–Crippen LogP) is 1.24. The summed E-state index contributed by atoms with van der Waals surface area (Å²) in [7, 11) is 0. The third kappa shape index (κ3) is 3.33. The van der Waals surface area contributed by atoms with E-state index in [1.54, 1.807) is 39.0 Å². The number of esters is 1. The van der Waals surface area contributed by atoms with Crippen LogP contribution in [0, 0.1) is 0 Å². The number of anilines is 1. The highest BCUT2D eigenvalue weighted by atomic mass is 16.5. The third-order valence-corrected chi connectivity index (χ3v) is 3.07. The van der Waals surface area contributed by atoms with Gasteiger partial charge in [-0.25, -0.2) is 0 Å². The molecule has 6 heteroatoms. The summed E-state index contributed by atoms with van der Waals surface area (Å²) in [5.41, 5.74) is 1.12. The number of rotatable bonds is 4. The summed E-state index contributed by atoms with van der Waals surface area (Å²) < 4.78 is 10.6. The van der Waals surface area contributed by atoms with Crippen molar-refractivity contribution in [2.45, 2.75) is 39.6 Å². The summed E-state index contributed by atoms with van der Waals surface area (Å²) in [4.78, 5) is 25.4. The van der Waals surface area contributed by atoms with Gasteiger partial charge in [0.25, 0.3) is 5.91 Å². The molecule has 0 aromatic heterocycles. The van der Waals surface area contributed by atoms with Crippen LogP contribution in [0.15, 0.2) is 18.2 Å². The van der Waals surface area contributed by atoms with E-state index in [1.807, 2.05) is 0 Å². The SMILES string of the molecule is CC(C)OC(=O)CN1C(=O)C(C)Oc2ccc(CO)cc21. The molecule has 1 atom stereocenters. The van der Waals surface area contributed by atoms with Crippen LogP contribution in [0.5, 0.6) is 5.75 Å². The fourth-order valence-corrected chi connectivity index (χ4v) is 2.14. The molecular formula is C15H19NO5. The zero-order valence-electron chi connectivity index (χ0n) is 12.3. The Morgan fingerprint density at radius 3 is 2.81 bits per heavy atom. The molecule has 1 unspecified atom stereocenters. The van der Waals surface area contributed by atoms with E-state index in [9.17, 15) is 14.7 Å². The summed E-state index contributed by atoms with van der Waals surface area (Å²) in [5, 5.41) is 9.21. The van der Waals surface area contributed by atoms with Crippen LogP contribution in [0.4, 0.5) is 5.69 Å². The number of fused-ring (bicyclic) bond motifs is 1. The molecule has 1 heterocycles. The summed E-state index contributed by atoms with van der Waals surface area (Å²) in [6, 6.07) is 5.04. The van der Waals surface area contributed by atoms with Crippen molar-refractivity contribution in [2.75, 3.05) is 11.4 Å². The zero-order chi connectivity index (χ0) is 15.6. The molecular weight excluding hydrogens is 274 g/mol. The van der Waals surface area contributed by atoms with Crippen LogP contribution in [0.2, 0.25) is 0 Å². The molecule has 2 rings (SSSR count). The lowest BCUT2D eigenvalue weighted by atomic mass is 10.1. The Morgan fingerprint density at radius 2 is 2.19 bits per heavy atom. The highest BCUT2D eigenvalue weighted by molar-refractivity contribution is 6.03. The smallest absolute Gasteiger partial charge is 0.326 e. The fraction of sp³-hybridized carbons (Fsp3) is 0.467. The van der Waals surface area contributed by atoms with Crippen LogP contribution in [-0.2, 0) is 20.9 Å². The number of carbonyl (C=O) groups excluding carboxylic acids is 2. The van der Waals surface area contributed by atoms with Gasteiger partial charge in [-0.1, -0.05) is 6.07 Å². The van der Waals surface area contributed by atoms with Gasteiger partial charge in [0.15, 0.2) is 6.10 Å². The second-order valence-corrected chi connectivity index (χ2v) is 5.18. The molecule has 21 heavy (non-hydrogen) atoms. The topological polar surface area (TPSA) is 76.1 Å². The minimum atomic E-state index is -0.663. The molecule has 0 fully saturated rings. The second kappa shape index (κ2) is 6.13. The lowest BCUT2D eigenvalue weighted by molar-refractivity contribution is -0.146. The van der Waals surface area contributed by atoms with Gasteiger partial charge >= 0.3 is 5.97 Å². The summed E-state index contributed by atoms with van der Waals surface area (Å²) in [6.45, 7) is 4.80. The number of benzene rings is 1. The fourth-order valence-electron chi connectivity index (χ4n) is 2.14. The largest absolute Gasteiger partial charge is 0.479 e. The number of hydrogen-bond acceptors (Lipinski definition) is 5. The van der Waals surface area contributed by atoms with E-state index >= 15 is 0 Å². The molecule has 0 spiro atoms. The normalized spacial score (nSPS) is 17.5. The van der Waals surface area contributed by atoms with Gasteiger partial charge in [0.2, 0.25) is 0 Å². The number of hydrogen-bond donors (Lipinski definition) is 1. The van der Waals surface area contributed by atoms with Crippen LogP contribution < -0.4 is 9.64 Å². The van der Waals surface area contributed by atoms with Gasteiger partial charge in [0.1, 0.15) is 12.3 Å². The lowest BCUT2D eigenvalue weighted by Gasteiger charge is -2.32. The van der Waals surface area contributed by atoms with Crippen molar-refractivity contribution >= 4 is 17.6 Å². The first kappa shape index (κ1) is 15.3. The molecule has 114 valence electrons. The number of amides is 1. The summed E-state index contributed by atoms with van der Waals surface area (Å²) in [5.74, 6) is -0.275. The minimum Gasteiger partial charge on any atom is -0.479 e. The van der Waals surface area contributed by atoms with E-state index in [2.05, 4.69) is 0 Å². The van der Waals surface area contributed by atoms with E-state index in [0.29, 0.717) is 17.0 Å². The van der Waals surface area contributed by atoms with Crippen LogP contribution in [0.3, 0.4) is 0 Å². The zero-order valence-corrected chi connectivity index (χ0v) is 12.3. The molecule has 0 radical (unpaired) electrons. The van der Waals surface area contributed by atoms with Crippen LogP contribution >= 0.6 is 0 Å². The number of ether oxygens (including phenoxy) is 2. The van der Waals surface area contributed by atoms with Crippen LogP contribution in [0.25, 0.3) is 0 Å². The van der Waals surface area contributed by atoms with Crippen molar-refractivity contribution in [3.05, 3.63) is 23.8 Å². The van der Waals surface area contributed by atoms with Gasteiger partial charge in [-0.15, -0.1) is 0 Å². The van der Waals surface area contributed by atoms with E-state index < -0.39 is 12.1 Å². The first-order valence-corrected chi connectivity index (χ1v) is 6.83. The molecule has 0 aliphatic carbocycles. The monoisotopic (exact) mass is 293 g/mol. The molecule has 0 saturated heterocycles. The molecule has 1 amide bonds. The maximum Gasteiger partial charge on any atom is 0.326 e. The summed E-state index contributed by atoms with van der Waals surface area (Å²) in [6.07, 6.45) is -0.904. The van der Waals surface area contributed by atoms with Crippen molar-refractivity contribution in [1.82, 2.24) is 0 Å². The van der Waals surface area contributed by atoms with Gasteiger partial charge in [-0.05, 0) is 38.5 Å². The lowest BCUT2D eigenvalue weighted by Crippen LogP contribution is -2.47. The molecule has 0 saturated carbocycles. The number of aliphatic hydroxyl groups is 1. The predicted molar refractivity (Wildman–Crippen MR) is 76.0 cm³/mol. The standard InChI is InChI=1S/C15H19NO5/c1-9(2)20-14(18)7-16-12-6-11(8-17)4-5-13(12)21-10(3)15(16)19/h4-6,9-10,17H,7-8H2,1-3H3. The Labute approximate surface area is 123 Å². The first-order valence-electron chi connectivity index (χ1n) is 6.83. The number of carbonyl (C=O) groups is 2. The van der Waals surface area contributed by atoms with Gasteiger partial charge in [0.05, 0.1) is 18.4 Å². The van der Waals surface area contributed by atoms with E-state index in [4.69, 9.17) is 9.47 Å².